The monoisotopic (exact) mass is 358 g/mol. The Morgan fingerprint density at radius 1 is 1.21 bits per heavy atom. The van der Waals surface area contributed by atoms with E-state index in [1.165, 1.54) is 11.3 Å². The molecule has 1 heterocycles. The fourth-order valence-electron chi connectivity index (χ4n) is 1.93. The first-order valence-electron chi connectivity index (χ1n) is 7.17. The Bertz CT molecular complexity index is 833. The molecule has 0 aliphatic carbocycles. The summed E-state index contributed by atoms with van der Waals surface area (Å²) in [7, 11) is 0. The topological polar surface area (TPSA) is 72.5 Å². The molecule has 0 bridgehead atoms. The van der Waals surface area contributed by atoms with Crippen LogP contribution in [0, 0.1) is 0 Å². The number of rotatable bonds is 6. The van der Waals surface area contributed by atoms with Crippen molar-refractivity contribution in [2.75, 3.05) is 11.2 Å². The van der Waals surface area contributed by atoms with Crippen molar-refractivity contribution in [2.45, 2.75) is 6.61 Å². The van der Waals surface area contributed by atoms with Gasteiger partial charge in [-0.05, 0) is 35.9 Å². The minimum atomic E-state index is 0.431. The highest BCUT2D eigenvalue weighted by Gasteiger charge is 2.00. The number of anilines is 2. The van der Waals surface area contributed by atoms with Crippen molar-refractivity contribution in [3.05, 3.63) is 70.1 Å². The highest BCUT2D eigenvalue weighted by atomic mass is 35.5. The van der Waals surface area contributed by atoms with Crippen molar-refractivity contribution in [1.82, 2.24) is 4.98 Å². The Kier molecular flexibility index (Phi) is 5.30. The van der Waals surface area contributed by atoms with Crippen molar-refractivity contribution in [2.24, 2.45) is 5.10 Å². The van der Waals surface area contributed by atoms with Crippen LogP contribution in [0.5, 0.6) is 5.75 Å². The van der Waals surface area contributed by atoms with Gasteiger partial charge in [0.25, 0.3) is 0 Å². The van der Waals surface area contributed by atoms with Crippen LogP contribution in [0.25, 0.3) is 0 Å². The molecule has 3 N–H and O–H groups in total. The third-order valence-corrected chi connectivity index (χ3v) is 4.26. The third kappa shape index (κ3) is 4.47. The van der Waals surface area contributed by atoms with E-state index in [4.69, 9.17) is 22.1 Å². The number of hydrazone groups is 1. The molecule has 5 nitrogen and oxygen atoms in total. The molecule has 0 radical (unpaired) electrons. The Morgan fingerprint density at radius 3 is 2.71 bits per heavy atom. The first-order chi connectivity index (χ1) is 11.7. The minimum absolute atomic E-state index is 0.431. The molecule has 7 heteroatoms. The molecule has 0 aliphatic heterocycles. The Labute approximate surface area is 148 Å². The summed E-state index contributed by atoms with van der Waals surface area (Å²) in [4.78, 5) is 4.06. The second-order valence-corrected chi connectivity index (χ2v) is 6.16. The van der Waals surface area contributed by atoms with Gasteiger partial charge < -0.3 is 10.5 Å². The van der Waals surface area contributed by atoms with Crippen LogP contribution in [0.3, 0.4) is 0 Å². The summed E-state index contributed by atoms with van der Waals surface area (Å²) in [5.74, 6) is 1.26. The molecule has 122 valence electrons. The average Bonchev–Trinajstić information content (AvgIpc) is 3.01. The maximum absolute atomic E-state index is 6.11. The predicted octanol–water partition coefficient (Wildman–Crippen LogP) is 4.40. The van der Waals surface area contributed by atoms with Crippen molar-refractivity contribution in [3.63, 3.8) is 0 Å². The van der Waals surface area contributed by atoms with Crippen LogP contribution in [0.4, 0.5) is 10.9 Å². The molecule has 0 saturated heterocycles. The van der Waals surface area contributed by atoms with Gasteiger partial charge in [-0.1, -0.05) is 29.8 Å². The lowest BCUT2D eigenvalue weighted by Crippen LogP contribution is -1.96. The highest BCUT2D eigenvalue weighted by Crippen LogP contribution is 2.19. The zero-order chi connectivity index (χ0) is 16.8. The number of ether oxygens (including phenoxy) is 1. The fraction of sp³-hybridized carbons (Fsp3) is 0.0588. The molecule has 24 heavy (non-hydrogen) atoms. The van der Waals surface area contributed by atoms with E-state index in [1.807, 2.05) is 48.5 Å². The summed E-state index contributed by atoms with van der Waals surface area (Å²) in [6.07, 6.45) is 1.70. The number of nitrogens with one attached hydrogen (secondary N) is 1. The first-order valence-corrected chi connectivity index (χ1v) is 8.43. The zero-order valence-electron chi connectivity index (χ0n) is 12.6. The van der Waals surface area contributed by atoms with Crippen LogP contribution in [0.2, 0.25) is 5.02 Å². The minimum Gasteiger partial charge on any atom is -0.489 e. The summed E-state index contributed by atoms with van der Waals surface area (Å²) >= 11 is 7.51. The molecular formula is C17H15ClN4OS. The molecule has 3 aromatic rings. The Balaban J connectivity index is 1.54. The van der Waals surface area contributed by atoms with Gasteiger partial charge >= 0.3 is 0 Å². The van der Waals surface area contributed by atoms with Gasteiger partial charge in [0.2, 0.25) is 5.13 Å². The summed E-state index contributed by atoms with van der Waals surface area (Å²) in [5.41, 5.74) is 10.3. The molecule has 0 fully saturated rings. The molecule has 0 aliphatic rings. The number of nitrogens with zero attached hydrogens (tertiary/aromatic N) is 2. The SMILES string of the molecule is Nc1csc(NN=Cc2ccc(OCc3ccccc3Cl)cc2)n1. The summed E-state index contributed by atoms with van der Waals surface area (Å²) in [6, 6.07) is 15.2. The van der Waals surface area contributed by atoms with Gasteiger partial charge in [-0.15, -0.1) is 11.3 Å². The Morgan fingerprint density at radius 2 is 2.00 bits per heavy atom. The van der Waals surface area contributed by atoms with Crippen molar-refractivity contribution < 1.29 is 4.74 Å². The largest absolute Gasteiger partial charge is 0.489 e. The number of halogens is 1. The van der Waals surface area contributed by atoms with Crippen LogP contribution in [0.1, 0.15) is 11.1 Å². The third-order valence-electron chi connectivity index (χ3n) is 3.13. The van der Waals surface area contributed by atoms with E-state index in [1.54, 1.807) is 11.6 Å². The fourth-order valence-corrected chi connectivity index (χ4v) is 2.67. The maximum atomic E-state index is 6.11. The Hall–Kier alpha value is -2.57. The maximum Gasteiger partial charge on any atom is 0.205 e. The van der Waals surface area contributed by atoms with Gasteiger partial charge in [0, 0.05) is 16.0 Å². The summed E-state index contributed by atoms with van der Waals surface area (Å²) < 4.78 is 5.74. The lowest BCUT2D eigenvalue weighted by molar-refractivity contribution is 0.306. The second kappa shape index (κ2) is 7.81. The van der Waals surface area contributed by atoms with E-state index in [0.717, 1.165) is 16.9 Å². The molecule has 2 aromatic carbocycles. The van der Waals surface area contributed by atoms with E-state index >= 15 is 0 Å². The van der Waals surface area contributed by atoms with Crippen LogP contribution in [-0.2, 0) is 6.61 Å². The van der Waals surface area contributed by atoms with Crippen molar-refractivity contribution in [1.29, 1.82) is 0 Å². The number of thiazole rings is 1. The van der Waals surface area contributed by atoms with Gasteiger partial charge in [0.05, 0.1) is 6.21 Å². The molecule has 0 spiro atoms. The van der Waals surface area contributed by atoms with Gasteiger partial charge in [-0.3, -0.25) is 5.43 Å². The van der Waals surface area contributed by atoms with E-state index in [9.17, 15) is 0 Å². The molecule has 0 amide bonds. The summed E-state index contributed by atoms with van der Waals surface area (Å²) in [5, 5.41) is 7.23. The quantitative estimate of drug-likeness (QED) is 0.506. The molecule has 0 unspecified atom stereocenters. The molecule has 3 rings (SSSR count). The smallest absolute Gasteiger partial charge is 0.205 e. The number of hydrogen-bond acceptors (Lipinski definition) is 6. The van der Waals surface area contributed by atoms with Crippen LogP contribution >= 0.6 is 22.9 Å². The average molecular weight is 359 g/mol. The standard InChI is InChI=1S/C17H15ClN4OS/c18-15-4-2-1-3-13(15)10-23-14-7-5-12(6-8-14)9-20-22-17-21-16(19)11-24-17/h1-9,11H,10,19H2,(H,21,22). The van der Waals surface area contributed by atoms with Gasteiger partial charge in [0.1, 0.15) is 18.2 Å². The van der Waals surface area contributed by atoms with E-state index in [0.29, 0.717) is 22.6 Å². The number of hydrogen-bond donors (Lipinski definition) is 2. The zero-order valence-corrected chi connectivity index (χ0v) is 14.2. The molecule has 0 saturated carbocycles. The van der Waals surface area contributed by atoms with Crippen LogP contribution in [-0.4, -0.2) is 11.2 Å². The van der Waals surface area contributed by atoms with Crippen LogP contribution < -0.4 is 15.9 Å². The highest BCUT2D eigenvalue weighted by molar-refractivity contribution is 7.14. The predicted molar refractivity (Wildman–Crippen MR) is 100.0 cm³/mol. The number of aromatic nitrogens is 1. The molecule has 1 aromatic heterocycles. The molecule has 0 atom stereocenters. The number of benzene rings is 2. The normalized spacial score (nSPS) is 10.9. The van der Waals surface area contributed by atoms with E-state index in [-0.39, 0.29) is 0 Å². The number of nitrogens with two attached hydrogens (primary N) is 1. The van der Waals surface area contributed by atoms with Crippen molar-refractivity contribution >= 4 is 40.1 Å². The van der Waals surface area contributed by atoms with Gasteiger partial charge in [0.15, 0.2) is 0 Å². The van der Waals surface area contributed by atoms with Crippen molar-refractivity contribution in [3.8, 4) is 5.75 Å². The molecular weight excluding hydrogens is 344 g/mol. The first kappa shape index (κ1) is 16.3. The lowest BCUT2D eigenvalue weighted by atomic mass is 10.2. The van der Waals surface area contributed by atoms with E-state index in [2.05, 4.69) is 15.5 Å². The lowest BCUT2D eigenvalue weighted by Gasteiger charge is -2.07. The van der Waals surface area contributed by atoms with Gasteiger partial charge in [-0.25, -0.2) is 4.98 Å². The van der Waals surface area contributed by atoms with E-state index < -0.39 is 0 Å². The second-order valence-electron chi connectivity index (χ2n) is 4.90. The van der Waals surface area contributed by atoms with Gasteiger partial charge in [-0.2, -0.15) is 5.10 Å². The number of nitrogen functional groups attached to an aromatic ring is 1. The summed E-state index contributed by atoms with van der Waals surface area (Å²) in [6.45, 7) is 0.431. The van der Waals surface area contributed by atoms with Crippen LogP contribution in [0.15, 0.2) is 59.0 Å².